The van der Waals surface area contributed by atoms with Crippen molar-refractivity contribution in [2.45, 2.75) is 45.4 Å². The first-order chi connectivity index (χ1) is 9.00. The Hall–Kier alpha value is -1.59. The molecule has 1 fully saturated rings. The Labute approximate surface area is 113 Å². The summed E-state index contributed by atoms with van der Waals surface area (Å²) in [6.07, 6.45) is 4.98. The van der Waals surface area contributed by atoms with Crippen LogP contribution in [-0.4, -0.2) is 21.2 Å². The molecule has 0 aliphatic heterocycles. The molecule has 106 valence electrons. The molecule has 19 heavy (non-hydrogen) atoms. The van der Waals surface area contributed by atoms with E-state index in [9.17, 15) is 10.1 Å². The highest BCUT2D eigenvalue weighted by Crippen LogP contribution is 2.34. The summed E-state index contributed by atoms with van der Waals surface area (Å²) >= 11 is 0. The monoisotopic (exact) mass is 266 g/mol. The van der Waals surface area contributed by atoms with Crippen LogP contribution in [0.15, 0.2) is 0 Å². The fraction of sp³-hybridized carbons (Fsp3) is 0.769. The molecule has 6 nitrogen and oxygen atoms in total. The van der Waals surface area contributed by atoms with Gasteiger partial charge >= 0.3 is 5.69 Å². The number of aromatic nitrogens is 2. The van der Waals surface area contributed by atoms with E-state index >= 15 is 0 Å². The summed E-state index contributed by atoms with van der Waals surface area (Å²) in [5.74, 6) is 1.48. The lowest BCUT2D eigenvalue weighted by molar-refractivity contribution is -0.384. The van der Waals surface area contributed by atoms with Crippen LogP contribution in [0, 0.1) is 16.0 Å². The average Bonchev–Trinajstić information content (AvgIpc) is 3.08. The molecule has 1 aromatic rings. The summed E-state index contributed by atoms with van der Waals surface area (Å²) in [6, 6.07) is 0. The number of aryl methyl sites for hydroxylation is 1. The second-order valence-electron chi connectivity index (χ2n) is 5.63. The zero-order valence-corrected chi connectivity index (χ0v) is 11.8. The molecule has 0 atom stereocenters. The fourth-order valence-corrected chi connectivity index (χ4v) is 2.30. The Bertz CT molecular complexity index is 463. The van der Waals surface area contributed by atoms with Gasteiger partial charge in [0.25, 0.3) is 0 Å². The highest BCUT2D eigenvalue weighted by atomic mass is 16.6. The first-order valence-corrected chi connectivity index (χ1v) is 6.95. The Morgan fingerprint density at radius 2 is 2.21 bits per heavy atom. The van der Waals surface area contributed by atoms with Crippen molar-refractivity contribution in [1.82, 2.24) is 9.78 Å². The van der Waals surface area contributed by atoms with E-state index in [1.165, 1.54) is 19.3 Å². The molecule has 0 bridgehead atoms. The molecule has 1 heterocycles. The third kappa shape index (κ3) is 3.24. The van der Waals surface area contributed by atoms with Crippen LogP contribution in [0.2, 0.25) is 0 Å². The summed E-state index contributed by atoms with van der Waals surface area (Å²) < 4.78 is 1.59. The summed E-state index contributed by atoms with van der Waals surface area (Å²) in [4.78, 5) is 10.9. The molecule has 1 aliphatic carbocycles. The standard InChI is InChI=1S/C13H22N4O2/c1-9(2)11-12(17(18)19)13(16(3)15-11)14-8-4-5-10-6-7-10/h9-10,14H,4-8H2,1-3H3. The quantitative estimate of drug-likeness (QED) is 0.467. The van der Waals surface area contributed by atoms with Crippen LogP contribution in [0.3, 0.4) is 0 Å². The lowest BCUT2D eigenvalue weighted by Crippen LogP contribution is -2.08. The van der Waals surface area contributed by atoms with Gasteiger partial charge in [0.15, 0.2) is 0 Å². The van der Waals surface area contributed by atoms with Crippen molar-refractivity contribution in [1.29, 1.82) is 0 Å². The fourth-order valence-electron chi connectivity index (χ4n) is 2.30. The number of nitro groups is 1. The topological polar surface area (TPSA) is 73.0 Å². The Balaban J connectivity index is 2.06. The number of nitrogens with zero attached hydrogens (tertiary/aromatic N) is 3. The van der Waals surface area contributed by atoms with Crippen molar-refractivity contribution in [3.63, 3.8) is 0 Å². The largest absolute Gasteiger partial charge is 0.365 e. The maximum Gasteiger partial charge on any atom is 0.334 e. The van der Waals surface area contributed by atoms with Crippen LogP contribution in [-0.2, 0) is 7.05 Å². The van der Waals surface area contributed by atoms with E-state index in [1.807, 2.05) is 13.8 Å². The van der Waals surface area contributed by atoms with Crippen molar-refractivity contribution >= 4 is 11.5 Å². The molecule has 0 spiro atoms. The van der Waals surface area contributed by atoms with Crippen molar-refractivity contribution in [2.75, 3.05) is 11.9 Å². The maximum absolute atomic E-state index is 11.2. The lowest BCUT2D eigenvalue weighted by atomic mass is 10.1. The van der Waals surface area contributed by atoms with E-state index in [0.29, 0.717) is 11.5 Å². The van der Waals surface area contributed by atoms with E-state index in [0.717, 1.165) is 18.9 Å². The number of hydrogen-bond acceptors (Lipinski definition) is 4. The molecule has 1 saturated carbocycles. The predicted octanol–water partition coefficient (Wildman–Crippen LogP) is 3.05. The highest BCUT2D eigenvalue weighted by molar-refractivity contribution is 5.60. The Morgan fingerprint density at radius 3 is 2.74 bits per heavy atom. The van der Waals surface area contributed by atoms with Crippen molar-refractivity contribution in [2.24, 2.45) is 13.0 Å². The van der Waals surface area contributed by atoms with Crippen LogP contribution in [0.4, 0.5) is 11.5 Å². The van der Waals surface area contributed by atoms with Crippen molar-refractivity contribution < 1.29 is 4.92 Å². The van der Waals surface area contributed by atoms with Gasteiger partial charge in [-0.05, 0) is 18.8 Å². The van der Waals surface area contributed by atoms with Crippen LogP contribution < -0.4 is 5.32 Å². The van der Waals surface area contributed by atoms with Gasteiger partial charge in [0.1, 0.15) is 5.69 Å². The minimum absolute atomic E-state index is 0.0496. The molecule has 1 aromatic heterocycles. The minimum atomic E-state index is -0.328. The van der Waals surface area contributed by atoms with E-state index < -0.39 is 0 Å². The van der Waals surface area contributed by atoms with E-state index in [-0.39, 0.29) is 16.5 Å². The van der Waals surface area contributed by atoms with Gasteiger partial charge in [-0.15, -0.1) is 0 Å². The number of nitrogens with one attached hydrogen (secondary N) is 1. The number of hydrogen-bond donors (Lipinski definition) is 1. The summed E-state index contributed by atoms with van der Waals surface area (Å²) in [5, 5.41) is 18.7. The molecule has 0 unspecified atom stereocenters. The van der Waals surface area contributed by atoms with Gasteiger partial charge in [0, 0.05) is 19.5 Å². The first kappa shape index (κ1) is 13.8. The average molecular weight is 266 g/mol. The maximum atomic E-state index is 11.2. The van der Waals surface area contributed by atoms with Crippen LogP contribution in [0.25, 0.3) is 0 Å². The number of rotatable bonds is 7. The van der Waals surface area contributed by atoms with Gasteiger partial charge in [-0.2, -0.15) is 5.10 Å². The lowest BCUT2D eigenvalue weighted by Gasteiger charge is -2.05. The molecule has 0 saturated heterocycles. The van der Waals surface area contributed by atoms with Crippen LogP contribution in [0.5, 0.6) is 0 Å². The second kappa shape index (κ2) is 5.59. The number of anilines is 1. The molecule has 6 heteroatoms. The smallest absolute Gasteiger partial charge is 0.334 e. The normalized spacial score (nSPS) is 14.9. The van der Waals surface area contributed by atoms with E-state index in [2.05, 4.69) is 10.4 Å². The van der Waals surface area contributed by atoms with Gasteiger partial charge in [0.2, 0.25) is 5.82 Å². The van der Waals surface area contributed by atoms with Crippen LogP contribution in [0.1, 0.15) is 51.1 Å². The van der Waals surface area contributed by atoms with Crippen molar-refractivity contribution in [3.05, 3.63) is 15.8 Å². The van der Waals surface area contributed by atoms with Gasteiger partial charge in [-0.25, -0.2) is 4.68 Å². The summed E-state index contributed by atoms with van der Waals surface area (Å²) in [7, 11) is 1.75. The van der Waals surface area contributed by atoms with E-state index in [1.54, 1.807) is 11.7 Å². The Morgan fingerprint density at radius 1 is 1.53 bits per heavy atom. The molecule has 0 amide bonds. The second-order valence-corrected chi connectivity index (χ2v) is 5.63. The minimum Gasteiger partial charge on any atom is -0.365 e. The van der Waals surface area contributed by atoms with Gasteiger partial charge in [0.05, 0.1) is 4.92 Å². The third-order valence-corrected chi connectivity index (χ3v) is 3.56. The van der Waals surface area contributed by atoms with Gasteiger partial charge in [-0.1, -0.05) is 26.7 Å². The first-order valence-electron chi connectivity index (χ1n) is 6.95. The van der Waals surface area contributed by atoms with Gasteiger partial charge < -0.3 is 5.32 Å². The molecule has 0 aromatic carbocycles. The molecule has 2 rings (SSSR count). The SMILES string of the molecule is CC(C)c1nn(C)c(NCCCC2CC2)c1[N+](=O)[O-]. The summed E-state index contributed by atoms with van der Waals surface area (Å²) in [6.45, 7) is 4.62. The Kier molecular flexibility index (Phi) is 4.07. The van der Waals surface area contributed by atoms with E-state index in [4.69, 9.17) is 0 Å². The highest BCUT2D eigenvalue weighted by Gasteiger charge is 2.28. The molecule has 1 N–H and O–H groups in total. The van der Waals surface area contributed by atoms with Gasteiger partial charge in [-0.3, -0.25) is 10.1 Å². The zero-order valence-electron chi connectivity index (χ0n) is 11.8. The molecule has 1 aliphatic rings. The molecular formula is C13H22N4O2. The predicted molar refractivity (Wildman–Crippen MR) is 74.4 cm³/mol. The van der Waals surface area contributed by atoms with Crippen molar-refractivity contribution in [3.8, 4) is 0 Å². The zero-order chi connectivity index (χ0) is 14.0. The molecule has 0 radical (unpaired) electrons. The third-order valence-electron chi connectivity index (χ3n) is 3.56. The van der Waals surface area contributed by atoms with Crippen LogP contribution >= 0.6 is 0 Å². The summed E-state index contributed by atoms with van der Waals surface area (Å²) in [5.41, 5.74) is 0.682. The molecular weight excluding hydrogens is 244 g/mol.